The molecule has 16 heavy (non-hydrogen) atoms. The van der Waals surface area contributed by atoms with E-state index in [9.17, 15) is 0 Å². The molecule has 0 heterocycles. The van der Waals surface area contributed by atoms with Crippen molar-refractivity contribution in [1.29, 1.82) is 0 Å². The predicted octanol–water partition coefficient (Wildman–Crippen LogP) is 4.18. The van der Waals surface area contributed by atoms with E-state index in [1.807, 2.05) is 0 Å². The Morgan fingerprint density at radius 3 is 2.00 bits per heavy atom. The first-order valence-electron chi connectivity index (χ1n) is 4.97. The minimum Gasteiger partial charge on any atom is -0.465 e. The Balaban J connectivity index is 3.08. The summed E-state index contributed by atoms with van der Waals surface area (Å²) in [5, 5.41) is 0. The van der Waals surface area contributed by atoms with Gasteiger partial charge in [0, 0.05) is 7.11 Å². The van der Waals surface area contributed by atoms with Crippen LogP contribution in [0.2, 0.25) is 0 Å². The lowest BCUT2D eigenvalue weighted by atomic mass is 9.87. The molecule has 1 aromatic carbocycles. The van der Waals surface area contributed by atoms with Gasteiger partial charge in [-0.2, -0.15) is 0 Å². The van der Waals surface area contributed by atoms with E-state index in [4.69, 9.17) is 9.47 Å². The fourth-order valence-corrected chi connectivity index (χ4v) is 3.33. The first-order valence-corrected chi connectivity index (χ1v) is 7.13. The summed E-state index contributed by atoms with van der Waals surface area (Å²) in [4.78, 5) is 0. The molecule has 0 saturated carbocycles. The first-order chi connectivity index (χ1) is 7.36. The van der Waals surface area contributed by atoms with E-state index in [1.54, 1.807) is 7.11 Å². The van der Waals surface area contributed by atoms with Crippen molar-refractivity contribution in [2.45, 2.75) is 26.2 Å². The molecule has 90 valence electrons. The van der Waals surface area contributed by atoms with Gasteiger partial charge in [-0.25, -0.2) is 0 Å². The summed E-state index contributed by atoms with van der Waals surface area (Å²) in [6.07, 6.45) is 0. The highest BCUT2D eigenvalue weighted by Gasteiger charge is 2.17. The van der Waals surface area contributed by atoms with Crippen LogP contribution in [-0.2, 0) is 10.2 Å². The second-order valence-corrected chi connectivity index (χ2v) is 6.89. The molecule has 0 aromatic heterocycles. The summed E-state index contributed by atoms with van der Waals surface area (Å²) in [6, 6.07) is 4.35. The number of benzene rings is 1. The highest BCUT2D eigenvalue weighted by atomic mass is 127. The second-order valence-electron chi connectivity index (χ2n) is 4.57. The molecule has 0 aliphatic rings. The first kappa shape index (κ1) is 14.5. The number of methoxy groups -OCH3 is 1. The summed E-state index contributed by atoms with van der Waals surface area (Å²) < 4.78 is 12.7. The van der Waals surface area contributed by atoms with Crippen LogP contribution in [-0.4, -0.2) is 13.9 Å². The molecule has 0 aliphatic carbocycles. The normalized spacial score (nSPS) is 11.6. The van der Waals surface area contributed by atoms with Crippen molar-refractivity contribution in [2.24, 2.45) is 0 Å². The molecule has 0 fully saturated rings. The third-order valence-electron chi connectivity index (χ3n) is 2.19. The minimum absolute atomic E-state index is 0.166. The Morgan fingerprint density at radius 1 is 1.12 bits per heavy atom. The van der Waals surface area contributed by atoms with E-state index < -0.39 is 0 Å². The number of rotatable bonds is 3. The molecule has 0 spiro atoms. The monoisotopic (exact) mass is 446 g/mol. The van der Waals surface area contributed by atoms with E-state index >= 15 is 0 Å². The number of hydrogen-bond acceptors (Lipinski definition) is 2. The Morgan fingerprint density at radius 2 is 1.62 bits per heavy atom. The van der Waals surface area contributed by atoms with Gasteiger partial charge in [-0.15, -0.1) is 0 Å². The summed E-state index contributed by atoms with van der Waals surface area (Å²) in [5.74, 6) is 0.913. The number of halogens is 2. The zero-order valence-electron chi connectivity index (χ0n) is 9.93. The average Bonchev–Trinajstić information content (AvgIpc) is 2.15. The van der Waals surface area contributed by atoms with Crippen molar-refractivity contribution >= 4 is 45.2 Å². The van der Waals surface area contributed by atoms with Gasteiger partial charge in [0.15, 0.2) is 6.79 Å². The molecule has 0 unspecified atom stereocenters. The van der Waals surface area contributed by atoms with E-state index in [1.165, 1.54) is 5.56 Å². The van der Waals surface area contributed by atoms with Crippen LogP contribution < -0.4 is 4.74 Å². The van der Waals surface area contributed by atoms with Crippen molar-refractivity contribution in [1.82, 2.24) is 0 Å². The third-order valence-corrected chi connectivity index (χ3v) is 3.79. The molecule has 1 aromatic rings. The van der Waals surface area contributed by atoms with Gasteiger partial charge in [0.05, 0.1) is 7.14 Å². The largest absolute Gasteiger partial charge is 0.465 e. The molecule has 1 rings (SSSR count). The third kappa shape index (κ3) is 3.73. The van der Waals surface area contributed by atoms with Crippen LogP contribution in [0.15, 0.2) is 12.1 Å². The van der Waals surface area contributed by atoms with Crippen LogP contribution in [0.5, 0.6) is 5.75 Å². The van der Waals surface area contributed by atoms with Crippen molar-refractivity contribution < 1.29 is 9.47 Å². The minimum atomic E-state index is 0.166. The molecule has 0 aliphatic heterocycles. The molecule has 0 saturated heterocycles. The van der Waals surface area contributed by atoms with Gasteiger partial charge in [0.1, 0.15) is 5.75 Å². The van der Waals surface area contributed by atoms with Crippen molar-refractivity contribution in [3.63, 3.8) is 0 Å². The molecule has 0 radical (unpaired) electrons. The topological polar surface area (TPSA) is 18.5 Å². The molecule has 0 amide bonds. The maximum atomic E-state index is 5.55. The molecule has 2 nitrogen and oxygen atoms in total. The summed E-state index contributed by atoms with van der Waals surface area (Å²) in [6.45, 7) is 6.93. The van der Waals surface area contributed by atoms with Crippen LogP contribution in [0.25, 0.3) is 0 Å². The van der Waals surface area contributed by atoms with Crippen LogP contribution >= 0.6 is 45.2 Å². The van der Waals surface area contributed by atoms with Gasteiger partial charge in [-0.05, 0) is 68.3 Å². The quantitative estimate of drug-likeness (QED) is 0.513. The molecule has 0 N–H and O–H groups in total. The van der Waals surface area contributed by atoms with Crippen molar-refractivity contribution in [3.8, 4) is 5.75 Å². The van der Waals surface area contributed by atoms with Gasteiger partial charge in [0.2, 0.25) is 0 Å². The zero-order chi connectivity index (χ0) is 12.3. The van der Waals surface area contributed by atoms with Crippen LogP contribution in [0.3, 0.4) is 0 Å². The molecular formula is C12H16I2O2. The Kier molecular flexibility index (Phi) is 5.31. The van der Waals surface area contributed by atoms with Crippen LogP contribution in [0.1, 0.15) is 26.3 Å². The van der Waals surface area contributed by atoms with E-state index in [0.717, 1.165) is 12.9 Å². The highest BCUT2D eigenvalue weighted by Crippen LogP contribution is 2.33. The molecular weight excluding hydrogens is 430 g/mol. The number of hydrogen-bond donors (Lipinski definition) is 0. The van der Waals surface area contributed by atoms with Gasteiger partial charge in [-0.1, -0.05) is 20.8 Å². The highest BCUT2D eigenvalue weighted by molar-refractivity contribution is 14.1. The lowest BCUT2D eigenvalue weighted by Gasteiger charge is -2.21. The van der Waals surface area contributed by atoms with Gasteiger partial charge < -0.3 is 9.47 Å². The van der Waals surface area contributed by atoms with Crippen molar-refractivity contribution in [2.75, 3.05) is 13.9 Å². The van der Waals surface area contributed by atoms with Crippen LogP contribution in [0, 0.1) is 7.14 Å². The number of ether oxygens (including phenoxy) is 2. The van der Waals surface area contributed by atoms with Crippen LogP contribution in [0.4, 0.5) is 0 Å². The summed E-state index contributed by atoms with van der Waals surface area (Å²) in [7, 11) is 1.63. The fraction of sp³-hybridized carbons (Fsp3) is 0.500. The zero-order valence-corrected chi connectivity index (χ0v) is 14.2. The maximum absolute atomic E-state index is 5.55. The smallest absolute Gasteiger partial charge is 0.188 e. The van der Waals surface area contributed by atoms with Gasteiger partial charge >= 0.3 is 0 Å². The summed E-state index contributed by atoms with van der Waals surface area (Å²) in [5.41, 5.74) is 1.49. The fourth-order valence-electron chi connectivity index (χ4n) is 1.25. The second kappa shape index (κ2) is 5.86. The maximum Gasteiger partial charge on any atom is 0.188 e. The SMILES string of the molecule is COCOc1c(I)cc(C(C)(C)C)cc1I. The van der Waals surface area contributed by atoms with E-state index in [-0.39, 0.29) is 5.41 Å². The van der Waals surface area contributed by atoms with E-state index in [0.29, 0.717) is 6.79 Å². The Hall–Kier alpha value is 0.440. The molecule has 0 atom stereocenters. The predicted molar refractivity (Wildman–Crippen MR) is 83.1 cm³/mol. The standard InChI is InChI=1S/C12H16I2O2/c1-12(2,3)8-5-9(13)11(10(14)6-8)16-7-15-4/h5-6H,7H2,1-4H3. The molecule has 4 heteroatoms. The van der Waals surface area contributed by atoms with Gasteiger partial charge in [-0.3, -0.25) is 0 Å². The summed E-state index contributed by atoms with van der Waals surface area (Å²) >= 11 is 4.61. The average molecular weight is 446 g/mol. The van der Waals surface area contributed by atoms with Gasteiger partial charge in [0.25, 0.3) is 0 Å². The van der Waals surface area contributed by atoms with Crippen molar-refractivity contribution in [3.05, 3.63) is 24.8 Å². The van der Waals surface area contributed by atoms with E-state index in [2.05, 4.69) is 78.1 Å². The Bertz CT molecular complexity index is 347. The lowest BCUT2D eigenvalue weighted by Crippen LogP contribution is -2.12. The molecule has 0 bridgehead atoms. The lowest BCUT2D eigenvalue weighted by molar-refractivity contribution is 0.0498. The Labute approximate surface area is 124 Å².